The number of hydrogen-bond donors (Lipinski definition) is 1. The zero-order valence-corrected chi connectivity index (χ0v) is 13.3. The zero-order chi connectivity index (χ0) is 18.1. The number of carboxylic acids is 1. The molecule has 25 heavy (non-hydrogen) atoms. The molecule has 2 aromatic rings. The van der Waals surface area contributed by atoms with Gasteiger partial charge in [0.1, 0.15) is 5.69 Å². The van der Waals surface area contributed by atoms with Gasteiger partial charge in [0, 0.05) is 38.2 Å². The molecule has 0 aromatic carbocycles. The largest absolute Gasteiger partial charge is 0.479 e. The molecule has 0 atom stereocenters. The molecule has 9 heteroatoms. The Hall–Kier alpha value is -2.42. The first-order valence-electron chi connectivity index (χ1n) is 7.79. The van der Waals surface area contributed by atoms with E-state index in [1.165, 1.54) is 16.9 Å². The minimum Gasteiger partial charge on any atom is -0.479 e. The molecule has 0 saturated carbocycles. The molecule has 6 nitrogen and oxygen atoms in total. The van der Waals surface area contributed by atoms with Crippen LogP contribution in [0.25, 0.3) is 0 Å². The number of nitrogens with zero attached hydrogens (tertiary/aromatic N) is 4. The minimum atomic E-state index is -4.45. The quantitative estimate of drug-likeness (QED) is 0.913. The third-order valence-corrected chi connectivity index (χ3v) is 4.55. The molecule has 1 saturated heterocycles. The van der Waals surface area contributed by atoms with E-state index in [1.807, 2.05) is 4.90 Å². The van der Waals surface area contributed by atoms with Gasteiger partial charge in [-0.05, 0) is 30.5 Å². The van der Waals surface area contributed by atoms with Crippen molar-refractivity contribution in [2.75, 3.05) is 13.1 Å². The lowest BCUT2D eigenvalue weighted by molar-refractivity contribution is -0.151. The van der Waals surface area contributed by atoms with Crippen molar-refractivity contribution in [3.8, 4) is 0 Å². The van der Waals surface area contributed by atoms with Crippen molar-refractivity contribution in [1.82, 2.24) is 19.7 Å². The molecule has 3 rings (SSSR count). The number of likely N-dealkylation sites (tertiary alicyclic amines) is 1. The fourth-order valence-electron chi connectivity index (χ4n) is 3.09. The first-order valence-corrected chi connectivity index (χ1v) is 7.79. The summed E-state index contributed by atoms with van der Waals surface area (Å²) in [5.74, 6) is -0.924. The Bertz CT molecular complexity index is 721. The van der Waals surface area contributed by atoms with Crippen LogP contribution in [0.5, 0.6) is 0 Å². The number of piperidine rings is 1. The van der Waals surface area contributed by atoms with Crippen LogP contribution in [-0.4, -0.2) is 43.8 Å². The highest BCUT2D eigenvalue weighted by Crippen LogP contribution is 2.31. The van der Waals surface area contributed by atoms with Gasteiger partial charge in [0.05, 0.1) is 0 Å². The van der Waals surface area contributed by atoms with Gasteiger partial charge in [0.15, 0.2) is 5.54 Å². The first-order chi connectivity index (χ1) is 11.8. The third-order valence-electron chi connectivity index (χ3n) is 4.55. The molecule has 0 aliphatic carbocycles. The average Bonchev–Trinajstić information content (AvgIpc) is 3.10. The molecule has 134 valence electrons. The summed E-state index contributed by atoms with van der Waals surface area (Å²) in [6, 6.07) is 4.05. The topological polar surface area (TPSA) is 71.2 Å². The van der Waals surface area contributed by atoms with E-state index in [0.29, 0.717) is 38.0 Å². The lowest BCUT2D eigenvalue weighted by atomic mass is 9.87. The number of carboxylic acid groups (broad SMARTS) is 1. The van der Waals surface area contributed by atoms with Crippen molar-refractivity contribution >= 4 is 5.97 Å². The van der Waals surface area contributed by atoms with Gasteiger partial charge in [-0.25, -0.2) is 4.79 Å². The van der Waals surface area contributed by atoms with E-state index in [2.05, 4.69) is 10.1 Å². The maximum absolute atomic E-state index is 12.5. The van der Waals surface area contributed by atoms with Crippen LogP contribution in [0.15, 0.2) is 36.8 Å². The van der Waals surface area contributed by atoms with Gasteiger partial charge < -0.3 is 5.11 Å². The fourth-order valence-corrected chi connectivity index (χ4v) is 3.09. The maximum atomic E-state index is 12.5. The maximum Gasteiger partial charge on any atom is 0.433 e. The average molecular weight is 354 g/mol. The Morgan fingerprint density at radius 1 is 1.28 bits per heavy atom. The first kappa shape index (κ1) is 17.4. The third kappa shape index (κ3) is 3.51. The number of halogens is 3. The Balaban J connectivity index is 1.65. The van der Waals surface area contributed by atoms with Gasteiger partial charge in [-0.3, -0.25) is 14.6 Å². The predicted molar refractivity (Wildman–Crippen MR) is 81.6 cm³/mol. The van der Waals surface area contributed by atoms with E-state index in [9.17, 15) is 23.1 Å². The summed E-state index contributed by atoms with van der Waals surface area (Å²) in [6.45, 7) is 1.44. The van der Waals surface area contributed by atoms with Crippen molar-refractivity contribution in [3.63, 3.8) is 0 Å². The molecule has 3 heterocycles. The van der Waals surface area contributed by atoms with Crippen LogP contribution in [0, 0.1) is 0 Å². The standard InChI is InChI=1S/C16H17F3N4O2/c17-16(18,19)13-3-2-12(10-20-13)11-22-8-4-15(5-9-22,14(24)25)23-7-1-6-21-23/h1-3,6-7,10H,4-5,8-9,11H2,(H,24,25). The second kappa shape index (κ2) is 6.47. The van der Waals surface area contributed by atoms with Gasteiger partial charge in [-0.1, -0.05) is 6.07 Å². The minimum absolute atomic E-state index is 0.373. The summed E-state index contributed by atoms with van der Waals surface area (Å²) in [5.41, 5.74) is -1.33. The van der Waals surface area contributed by atoms with Crippen molar-refractivity contribution < 1.29 is 23.1 Å². The van der Waals surface area contributed by atoms with Gasteiger partial charge in [-0.2, -0.15) is 18.3 Å². The number of carbonyl (C=O) groups is 1. The summed E-state index contributed by atoms with van der Waals surface area (Å²) < 4.78 is 39.1. The van der Waals surface area contributed by atoms with Crippen LogP contribution < -0.4 is 0 Å². The molecule has 2 aromatic heterocycles. The van der Waals surface area contributed by atoms with E-state index in [0.717, 1.165) is 6.07 Å². The van der Waals surface area contributed by atoms with E-state index in [4.69, 9.17) is 0 Å². The van der Waals surface area contributed by atoms with Crippen LogP contribution in [0.4, 0.5) is 13.2 Å². The van der Waals surface area contributed by atoms with Crippen LogP contribution in [0.1, 0.15) is 24.1 Å². The molecule has 0 spiro atoms. The van der Waals surface area contributed by atoms with Gasteiger partial charge in [0.2, 0.25) is 0 Å². The van der Waals surface area contributed by atoms with Crippen LogP contribution >= 0.6 is 0 Å². The number of rotatable bonds is 4. The number of aliphatic carboxylic acids is 1. The molecular weight excluding hydrogens is 337 g/mol. The number of alkyl halides is 3. The van der Waals surface area contributed by atoms with Crippen molar-refractivity contribution in [3.05, 3.63) is 48.0 Å². The summed E-state index contributed by atoms with van der Waals surface area (Å²) >= 11 is 0. The number of aromatic nitrogens is 3. The van der Waals surface area contributed by atoms with Crippen LogP contribution in [0.3, 0.4) is 0 Å². The van der Waals surface area contributed by atoms with E-state index in [-0.39, 0.29) is 0 Å². The van der Waals surface area contributed by atoms with Crippen molar-refractivity contribution in [2.24, 2.45) is 0 Å². The number of pyridine rings is 1. The molecule has 0 amide bonds. The summed E-state index contributed by atoms with van der Waals surface area (Å²) in [6.07, 6.45) is 0.703. The summed E-state index contributed by atoms with van der Waals surface area (Å²) in [7, 11) is 0. The Labute approximate surface area is 141 Å². The van der Waals surface area contributed by atoms with Crippen molar-refractivity contribution in [1.29, 1.82) is 0 Å². The molecule has 1 aliphatic heterocycles. The van der Waals surface area contributed by atoms with Gasteiger partial charge in [0.25, 0.3) is 0 Å². The van der Waals surface area contributed by atoms with Gasteiger partial charge >= 0.3 is 12.1 Å². The van der Waals surface area contributed by atoms with Crippen molar-refractivity contribution in [2.45, 2.75) is 31.1 Å². The van der Waals surface area contributed by atoms with E-state index >= 15 is 0 Å². The SMILES string of the molecule is O=C(O)C1(n2cccn2)CCN(Cc2ccc(C(F)(F)F)nc2)CC1. The monoisotopic (exact) mass is 354 g/mol. The Morgan fingerprint density at radius 3 is 2.48 bits per heavy atom. The predicted octanol–water partition coefficient (Wildman–Crippen LogP) is 2.37. The highest BCUT2D eigenvalue weighted by atomic mass is 19.4. The highest BCUT2D eigenvalue weighted by molar-refractivity contribution is 5.76. The summed E-state index contributed by atoms with van der Waals surface area (Å²) in [5, 5.41) is 13.7. The summed E-state index contributed by atoms with van der Waals surface area (Å²) in [4.78, 5) is 17.2. The van der Waals surface area contributed by atoms with Gasteiger partial charge in [-0.15, -0.1) is 0 Å². The second-order valence-corrected chi connectivity index (χ2v) is 6.11. The molecule has 0 radical (unpaired) electrons. The van der Waals surface area contributed by atoms with E-state index in [1.54, 1.807) is 18.5 Å². The Morgan fingerprint density at radius 2 is 2.00 bits per heavy atom. The molecule has 0 unspecified atom stereocenters. The lowest BCUT2D eigenvalue weighted by Gasteiger charge is -2.38. The molecule has 1 N–H and O–H groups in total. The number of hydrogen-bond acceptors (Lipinski definition) is 4. The molecule has 1 aliphatic rings. The molecule has 1 fully saturated rings. The zero-order valence-electron chi connectivity index (χ0n) is 13.3. The molecule has 0 bridgehead atoms. The van der Waals surface area contributed by atoms with Crippen LogP contribution in [-0.2, 0) is 23.1 Å². The Kier molecular flexibility index (Phi) is 4.51. The molecular formula is C16H17F3N4O2. The highest BCUT2D eigenvalue weighted by Gasteiger charge is 2.43. The van der Waals surface area contributed by atoms with E-state index < -0.39 is 23.4 Å². The second-order valence-electron chi connectivity index (χ2n) is 6.11. The van der Waals surface area contributed by atoms with Crippen LogP contribution in [0.2, 0.25) is 0 Å². The lowest BCUT2D eigenvalue weighted by Crippen LogP contribution is -2.51. The normalized spacial score (nSPS) is 18.2. The fraction of sp³-hybridized carbons (Fsp3) is 0.438. The smallest absolute Gasteiger partial charge is 0.433 e.